The zero-order chi connectivity index (χ0) is 27.1. The number of benzene rings is 6. The summed E-state index contributed by atoms with van der Waals surface area (Å²) in [6.45, 7) is 6.00. The second kappa shape index (κ2) is 10.1. The Morgan fingerprint density at radius 3 is 1.98 bits per heavy atom. The van der Waals surface area contributed by atoms with Gasteiger partial charge in [0, 0.05) is 20.2 Å². The lowest BCUT2D eigenvalue weighted by molar-refractivity contribution is 1.66. The van der Waals surface area contributed by atoms with E-state index in [2.05, 4.69) is 141 Å². The van der Waals surface area contributed by atoms with Crippen molar-refractivity contribution in [3.05, 3.63) is 152 Å². The molecule has 0 nitrogen and oxygen atoms in total. The highest BCUT2D eigenvalue weighted by Crippen LogP contribution is 2.45. The average molecular weight is 529 g/mol. The Balaban J connectivity index is 1.52. The Bertz CT molecular complexity index is 2060. The maximum atomic E-state index is 3.89. The summed E-state index contributed by atoms with van der Waals surface area (Å²) in [6, 6.07) is 42.1. The highest BCUT2D eigenvalue weighted by molar-refractivity contribution is 7.26. The van der Waals surface area contributed by atoms with E-state index in [4.69, 9.17) is 0 Å². The van der Waals surface area contributed by atoms with Gasteiger partial charge in [-0.1, -0.05) is 134 Å². The molecule has 190 valence electrons. The summed E-state index contributed by atoms with van der Waals surface area (Å²) in [5.41, 5.74) is 7.57. The van der Waals surface area contributed by atoms with Crippen molar-refractivity contribution < 1.29 is 0 Å². The van der Waals surface area contributed by atoms with E-state index in [0.717, 1.165) is 0 Å². The van der Waals surface area contributed by atoms with Crippen LogP contribution in [0.4, 0.5) is 0 Å². The van der Waals surface area contributed by atoms with Gasteiger partial charge in [0.05, 0.1) is 0 Å². The molecule has 1 heterocycles. The minimum absolute atomic E-state index is 1.20. The maximum absolute atomic E-state index is 3.89. The van der Waals surface area contributed by atoms with Crippen LogP contribution >= 0.6 is 11.3 Å². The van der Waals surface area contributed by atoms with Gasteiger partial charge in [-0.3, -0.25) is 0 Å². The molecule has 0 radical (unpaired) electrons. The number of fused-ring (bicyclic) bond motifs is 5. The van der Waals surface area contributed by atoms with Crippen LogP contribution in [0, 0.1) is 0 Å². The summed E-state index contributed by atoms with van der Waals surface area (Å²) in [6.07, 6.45) is 8.22. The van der Waals surface area contributed by atoms with E-state index < -0.39 is 0 Å². The van der Waals surface area contributed by atoms with Gasteiger partial charge in [-0.25, -0.2) is 0 Å². The number of rotatable bonds is 5. The quantitative estimate of drug-likeness (QED) is 0.154. The van der Waals surface area contributed by atoms with E-state index in [0.29, 0.717) is 0 Å². The zero-order valence-corrected chi connectivity index (χ0v) is 23.2. The number of hydrogen-bond acceptors (Lipinski definition) is 1. The second-order valence-corrected chi connectivity index (χ2v) is 11.1. The Morgan fingerprint density at radius 2 is 1.30 bits per heavy atom. The molecule has 0 bridgehead atoms. The standard InChI is InChI=1S/C39H28S/c1-3-5-14-26(4-2)37-30-17-9-11-19-32(30)38(33-20-12-10-18-31(33)37)28-23-24-34-36(25-28)40-35-22-13-21-29(39(34)35)27-15-7-6-8-16-27/h3-25H,1H2,2H3/b14-5-,26-4+. The highest BCUT2D eigenvalue weighted by atomic mass is 32.1. The van der Waals surface area contributed by atoms with Gasteiger partial charge in [0.15, 0.2) is 0 Å². The molecular formula is C39H28S. The molecule has 0 amide bonds. The predicted octanol–water partition coefficient (Wildman–Crippen LogP) is 11.8. The van der Waals surface area contributed by atoms with E-state index in [1.165, 1.54) is 75.1 Å². The molecule has 0 saturated carbocycles. The first-order valence-corrected chi connectivity index (χ1v) is 14.5. The fourth-order valence-corrected chi connectivity index (χ4v) is 7.26. The third kappa shape index (κ3) is 3.90. The molecule has 0 aliphatic rings. The van der Waals surface area contributed by atoms with Crippen LogP contribution in [-0.2, 0) is 0 Å². The third-order valence-electron chi connectivity index (χ3n) is 7.81. The van der Waals surface area contributed by atoms with Gasteiger partial charge in [-0.15, -0.1) is 11.3 Å². The van der Waals surface area contributed by atoms with Crippen molar-refractivity contribution in [1.29, 1.82) is 0 Å². The molecule has 6 aromatic carbocycles. The summed E-state index contributed by atoms with van der Waals surface area (Å²) in [4.78, 5) is 0. The Morgan fingerprint density at radius 1 is 0.625 bits per heavy atom. The van der Waals surface area contributed by atoms with Crippen molar-refractivity contribution in [3.63, 3.8) is 0 Å². The first kappa shape index (κ1) is 24.3. The molecule has 0 atom stereocenters. The van der Waals surface area contributed by atoms with Gasteiger partial charge in [-0.2, -0.15) is 0 Å². The molecule has 0 aliphatic heterocycles. The first-order chi connectivity index (χ1) is 19.8. The van der Waals surface area contributed by atoms with E-state index in [1.807, 2.05) is 23.5 Å². The molecule has 7 aromatic rings. The maximum Gasteiger partial charge on any atom is 0.0361 e. The Hall–Kier alpha value is -4.72. The Labute approximate surface area is 238 Å². The van der Waals surface area contributed by atoms with Gasteiger partial charge < -0.3 is 0 Å². The largest absolute Gasteiger partial charge is 0.135 e. The summed E-state index contributed by atoms with van der Waals surface area (Å²) >= 11 is 1.88. The molecule has 0 spiro atoms. The van der Waals surface area contributed by atoms with Crippen molar-refractivity contribution in [3.8, 4) is 22.3 Å². The van der Waals surface area contributed by atoms with Gasteiger partial charge >= 0.3 is 0 Å². The van der Waals surface area contributed by atoms with Crippen molar-refractivity contribution in [2.75, 3.05) is 0 Å². The van der Waals surface area contributed by atoms with E-state index >= 15 is 0 Å². The summed E-state index contributed by atoms with van der Waals surface area (Å²) in [5, 5.41) is 7.74. The van der Waals surface area contributed by atoms with Crippen LogP contribution in [0.5, 0.6) is 0 Å². The van der Waals surface area contributed by atoms with E-state index in [9.17, 15) is 0 Å². The second-order valence-electron chi connectivity index (χ2n) is 10.0. The minimum Gasteiger partial charge on any atom is -0.135 e. The van der Waals surface area contributed by atoms with E-state index in [1.54, 1.807) is 0 Å². The molecule has 40 heavy (non-hydrogen) atoms. The Kier molecular flexibility index (Phi) is 6.15. The van der Waals surface area contributed by atoms with Crippen molar-refractivity contribution in [2.24, 2.45) is 0 Å². The predicted molar refractivity (Wildman–Crippen MR) is 178 cm³/mol. The molecule has 1 aromatic heterocycles. The molecule has 0 saturated heterocycles. The van der Waals surface area contributed by atoms with Crippen LogP contribution in [-0.4, -0.2) is 0 Å². The summed E-state index contributed by atoms with van der Waals surface area (Å²) in [7, 11) is 0. The van der Waals surface area contributed by atoms with Crippen LogP contribution < -0.4 is 0 Å². The first-order valence-electron chi connectivity index (χ1n) is 13.7. The lowest BCUT2D eigenvalue weighted by atomic mass is 9.85. The SMILES string of the molecule is C=C/C=C\C(=C/C)c1c2ccccc2c(-c2ccc3c(c2)sc2cccc(-c4ccccc4)c23)c2ccccc12. The highest BCUT2D eigenvalue weighted by Gasteiger charge is 2.18. The van der Waals surface area contributed by atoms with Crippen LogP contribution in [0.1, 0.15) is 12.5 Å². The minimum atomic E-state index is 1.20. The number of allylic oxidation sites excluding steroid dienone is 5. The molecule has 7 rings (SSSR count). The average Bonchev–Trinajstić information content (AvgIpc) is 3.39. The third-order valence-corrected chi connectivity index (χ3v) is 8.93. The lowest BCUT2D eigenvalue weighted by Gasteiger charge is -2.18. The fourth-order valence-electron chi connectivity index (χ4n) is 6.09. The lowest BCUT2D eigenvalue weighted by Crippen LogP contribution is -1.92. The van der Waals surface area contributed by atoms with Gasteiger partial charge in [0.25, 0.3) is 0 Å². The van der Waals surface area contributed by atoms with Crippen LogP contribution in [0.25, 0.3) is 69.5 Å². The van der Waals surface area contributed by atoms with Gasteiger partial charge in [0.1, 0.15) is 0 Å². The van der Waals surface area contributed by atoms with Crippen molar-refractivity contribution >= 4 is 58.6 Å². The van der Waals surface area contributed by atoms with Crippen molar-refractivity contribution in [1.82, 2.24) is 0 Å². The molecule has 0 N–H and O–H groups in total. The van der Waals surface area contributed by atoms with Crippen LogP contribution in [0.15, 0.2) is 146 Å². The molecule has 1 heteroatoms. The summed E-state index contributed by atoms with van der Waals surface area (Å²) < 4.78 is 2.64. The van der Waals surface area contributed by atoms with E-state index in [-0.39, 0.29) is 0 Å². The van der Waals surface area contributed by atoms with Gasteiger partial charge in [0.2, 0.25) is 0 Å². The molecule has 0 aliphatic carbocycles. The molecular weight excluding hydrogens is 500 g/mol. The smallest absolute Gasteiger partial charge is 0.0361 e. The molecule has 0 fully saturated rings. The molecule has 0 unspecified atom stereocenters. The zero-order valence-electron chi connectivity index (χ0n) is 22.4. The summed E-state index contributed by atoms with van der Waals surface area (Å²) in [5.74, 6) is 0. The van der Waals surface area contributed by atoms with Crippen LogP contribution in [0.3, 0.4) is 0 Å². The normalized spacial score (nSPS) is 12.3. The van der Waals surface area contributed by atoms with Gasteiger partial charge in [-0.05, 0) is 74.0 Å². The topological polar surface area (TPSA) is 0 Å². The number of hydrogen-bond donors (Lipinski definition) is 0. The van der Waals surface area contributed by atoms with Crippen molar-refractivity contribution in [2.45, 2.75) is 6.92 Å². The fraction of sp³-hybridized carbons (Fsp3) is 0.0256. The monoisotopic (exact) mass is 528 g/mol. The van der Waals surface area contributed by atoms with Crippen LogP contribution in [0.2, 0.25) is 0 Å². The number of thiophene rings is 1.